The van der Waals surface area contributed by atoms with Crippen LogP contribution in [0.25, 0.3) is 22.2 Å². The quantitative estimate of drug-likeness (QED) is 0.721. The van der Waals surface area contributed by atoms with Gasteiger partial charge in [-0.25, -0.2) is 9.37 Å². The molecule has 112 valence electrons. The van der Waals surface area contributed by atoms with Crippen LogP contribution in [0.2, 0.25) is 0 Å². The number of nitrogens with zero attached hydrogens (tertiary/aromatic N) is 2. The number of aromatic nitrogens is 3. The standard InChI is InChI=1S/C15H13FN4O2/c1-6-10(11-7(2)19-15(17)20-14(11)18-6)8-3-4-9(16)13-12(8)21-5-22-13/h3-4H,5H2,1-2H3,(H3,17,18,19,20). The van der Waals surface area contributed by atoms with Gasteiger partial charge in [0.25, 0.3) is 0 Å². The fourth-order valence-electron chi connectivity index (χ4n) is 2.91. The van der Waals surface area contributed by atoms with Crippen LogP contribution in [-0.2, 0) is 0 Å². The molecule has 3 heterocycles. The van der Waals surface area contributed by atoms with Gasteiger partial charge in [0.05, 0.1) is 5.69 Å². The van der Waals surface area contributed by atoms with Crippen molar-refractivity contribution in [1.29, 1.82) is 0 Å². The van der Waals surface area contributed by atoms with Crippen LogP contribution in [0.4, 0.5) is 10.3 Å². The highest BCUT2D eigenvalue weighted by Crippen LogP contribution is 2.46. The maximum absolute atomic E-state index is 13.8. The molecule has 0 spiro atoms. The Bertz CT molecular complexity index is 920. The summed E-state index contributed by atoms with van der Waals surface area (Å²) in [7, 11) is 0. The largest absolute Gasteiger partial charge is 0.453 e. The van der Waals surface area contributed by atoms with Gasteiger partial charge < -0.3 is 20.2 Å². The van der Waals surface area contributed by atoms with Crippen LogP contribution in [0.3, 0.4) is 0 Å². The molecule has 0 fully saturated rings. The van der Waals surface area contributed by atoms with Gasteiger partial charge >= 0.3 is 0 Å². The molecule has 0 bridgehead atoms. The number of aromatic amines is 1. The van der Waals surface area contributed by atoms with Crippen LogP contribution in [-0.4, -0.2) is 21.7 Å². The van der Waals surface area contributed by atoms with E-state index in [-0.39, 0.29) is 18.5 Å². The second-order valence-corrected chi connectivity index (χ2v) is 5.18. The Kier molecular flexibility index (Phi) is 2.53. The van der Waals surface area contributed by atoms with Crippen LogP contribution in [0.15, 0.2) is 12.1 Å². The summed E-state index contributed by atoms with van der Waals surface area (Å²) in [5, 5.41) is 0.844. The number of H-pyrrole nitrogens is 1. The smallest absolute Gasteiger partial charge is 0.231 e. The second-order valence-electron chi connectivity index (χ2n) is 5.18. The molecule has 7 heteroatoms. The molecule has 0 atom stereocenters. The lowest BCUT2D eigenvalue weighted by Crippen LogP contribution is -1.97. The zero-order valence-electron chi connectivity index (χ0n) is 12.0. The van der Waals surface area contributed by atoms with Gasteiger partial charge in [0, 0.05) is 22.2 Å². The first-order chi connectivity index (χ1) is 10.6. The molecule has 1 aromatic carbocycles. The average Bonchev–Trinajstić information content (AvgIpc) is 3.04. The number of hydrogen-bond donors (Lipinski definition) is 2. The third kappa shape index (κ3) is 1.65. The number of anilines is 1. The molecule has 0 saturated heterocycles. The number of rotatable bonds is 1. The van der Waals surface area contributed by atoms with E-state index < -0.39 is 5.82 Å². The lowest BCUT2D eigenvalue weighted by atomic mass is 10.0. The summed E-state index contributed by atoms with van der Waals surface area (Å²) >= 11 is 0. The lowest BCUT2D eigenvalue weighted by Gasteiger charge is -2.08. The molecular weight excluding hydrogens is 287 g/mol. The number of benzene rings is 1. The molecular formula is C15H13FN4O2. The first kappa shape index (κ1) is 12.9. The lowest BCUT2D eigenvalue weighted by molar-refractivity contribution is 0.171. The zero-order valence-corrected chi connectivity index (χ0v) is 12.0. The van der Waals surface area contributed by atoms with E-state index in [4.69, 9.17) is 15.2 Å². The number of hydrogen-bond acceptors (Lipinski definition) is 5. The number of nitrogens with two attached hydrogens (primary N) is 1. The Morgan fingerprint density at radius 1 is 1.18 bits per heavy atom. The van der Waals surface area contributed by atoms with E-state index in [2.05, 4.69) is 15.0 Å². The molecule has 0 aliphatic carbocycles. The van der Waals surface area contributed by atoms with Gasteiger partial charge in [0.15, 0.2) is 11.6 Å². The molecule has 0 unspecified atom stereocenters. The van der Waals surface area contributed by atoms with Gasteiger partial charge in [0.1, 0.15) is 5.65 Å². The Morgan fingerprint density at radius 2 is 1.95 bits per heavy atom. The van der Waals surface area contributed by atoms with Gasteiger partial charge in [-0.05, 0) is 26.0 Å². The van der Waals surface area contributed by atoms with Crippen LogP contribution in [0.5, 0.6) is 11.5 Å². The Labute approximate surface area is 125 Å². The van der Waals surface area contributed by atoms with Gasteiger partial charge in [0.2, 0.25) is 18.5 Å². The summed E-state index contributed by atoms with van der Waals surface area (Å²) in [6.45, 7) is 3.78. The maximum atomic E-state index is 13.8. The zero-order chi connectivity index (χ0) is 15.4. The van der Waals surface area contributed by atoms with Crippen molar-refractivity contribution in [2.75, 3.05) is 12.5 Å². The summed E-state index contributed by atoms with van der Waals surface area (Å²) in [4.78, 5) is 11.6. The fraction of sp³-hybridized carbons (Fsp3) is 0.200. The summed E-state index contributed by atoms with van der Waals surface area (Å²) in [6, 6.07) is 3.04. The van der Waals surface area contributed by atoms with Crippen molar-refractivity contribution in [2.24, 2.45) is 0 Å². The van der Waals surface area contributed by atoms with Gasteiger partial charge in [-0.1, -0.05) is 0 Å². The van der Waals surface area contributed by atoms with E-state index >= 15 is 0 Å². The van der Waals surface area contributed by atoms with Crippen LogP contribution in [0.1, 0.15) is 11.4 Å². The molecule has 22 heavy (non-hydrogen) atoms. The summed E-state index contributed by atoms with van der Waals surface area (Å²) < 4.78 is 24.5. The minimum Gasteiger partial charge on any atom is -0.453 e. The molecule has 4 rings (SSSR count). The van der Waals surface area contributed by atoms with Crippen LogP contribution >= 0.6 is 0 Å². The number of nitrogens with one attached hydrogen (secondary N) is 1. The highest BCUT2D eigenvalue weighted by Gasteiger charge is 2.26. The molecule has 0 amide bonds. The third-order valence-electron chi connectivity index (χ3n) is 3.78. The number of nitrogen functional groups attached to an aromatic ring is 1. The monoisotopic (exact) mass is 300 g/mol. The molecule has 0 saturated carbocycles. The number of halogens is 1. The molecule has 0 radical (unpaired) electrons. The fourth-order valence-corrected chi connectivity index (χ4v) is 2.91. The Balaban J connectivity index is 2.08. The highest BCUT2D eigenvalue weighted by molar-refractivity contribution is 5.99. The normalized spacial score (nSPS) is 13.0. The van der Waals surface area contributed by atoms with Gasteiger partial charge in [-0.2, -0.15) is 4.98 Å². The van der Waals surface area contributed by atoms with Crippen molar-refractivity contribution in [3.8, 4) is 22.6 Å². The molecule has 3 N–H and O–H groups in total. The minimum absolute atomic E-state index is 0.00704. The van der Waals surface area contributed by atoms with Gasteiger partial charge in [-0.15, -0.1) is 0 Å². The van der Waals surface area contributed by atoms with E-state index in [1.165, 1.54) is 6.07 Å². The number of ether oxygens (including phenoxy) is 2. The first-order valence-corrected chi connectivity index (χ1v) is 6.77. The van der Waals surface area contributed by atoms with Crippen molar-refractivity contribution < 1.29 is 13.9 Å². The van der Waals surface area contributed by atoms with Crippen LogP contribution < -0.4 is 15.2 Å². The predicted octanol–water partition coefficient (Wildman–Crippen LogP) is 2.69. The number of aryl methyl sites for hydroxylation is 2. The summed E-state index contributed by atoms with van der Waals surface area (Å²) in [6.07, 6.45) is 0. The van der Waals surface area contributed by atoms with Crippen molar-refractivity contribution >= 4 is 17.0 Å². The summed E-state index contributed by atoms with van der Waals surface area (Å²) in [5.41, 5.74) is 9.58. The van der Waals surface area contributed by atoms with E-state index in [0.717, 1.165) is 27.9 Å². The third-order valence-corrected chi connectivity index (χ3v) is 3.78. The van der Waals surface area contributed by atoms with Crippen LogP contribution in [0, 0.1) is 19.7 Å². The van der Waals surface area contributed by atoms with Crippen molar-refractivity contribution in [1.82, 2.24) is 15.0 Å². The van der Waals surface area contributed by atoms with Crippen molar-refractivity contribution in [2.45, 2.75) is 13.8 Å². The predicted molar refractivity (Wildman–Crippen MR) is 79.3 cm³/mol. The Morgan fingerprint density at radius 3 is 2.77 bits per heavy atom. The van der Waals surface area contributed by atoms with E-state index in [9.17, 15) is 4.39 Å². The SMILES string of the molecule is Cc1[nH]c2nc(N)nc(C)c2c1-c1ccc(F)c2c1OCO2. The first-order valence-electron chi connectivity index (χ1n) is 6.77. The maximum Gasteiger partial charge on any atom is 0.231 e. The molecule has 1 aliphatic heterocycles. The van der Waals surface area contributed by atoms with E-state index in [0.29, 0.717) is 11.4 Å². The highest BCUT2D eigenvalue weighted by atomic mass is 19.1. The molecule has 6 nitrogen and oxygen atoms in total. The summed E-state index contributed by atoms with van der Waals surface area (Å²) in [5.74, 6) is 0.313. The number of fused-ring (bicyclic) bond motifs is 2. The molecule has 3 aromatic rings. The van der Waals surface area contributed by atoms with Crippen molar-refractivity contribution in [3.05, 3.63) is 29.3 Å². The Hall–Kier alpha value is -2.83. The molecule has 1 aliphatic rings. The van der Waals surface area contributed by atoms with E-state index in [1.54, 1.807) is 6.07 Å². The second kappa shape index (κ2) is 4.33. The van der Waals surface area contributed by atoms with Crippen molar-refractivity contribution in [3.63, 3.8) is 0 Å². The molecule has 2 aromatic heterocycles. The topological polar surface area (TPSA) is 86.1 Å². The van der Waals surface area contributed by atoms with Gasteiger partial charge in [-0.3, -0.25) is 0 Å². The average molecular weight is 300 g/mol. The van der Waals surface area contributed by atoms with E-state index in [1.807, 2.05) is 13.8 Å². The minimum atomic E-state index is -0.439.